The summed E-state index contributed by atoms with van der Waals surface area (Å²) >= 11 is 1.88. The molecule has 2 rings (SSSR count). The zero-order chi connectivity index (χ0) is 12.1. The van der Waals surface area contributed by atoms with Crippen LogP contribution in [0.4, 0.5) is 0 Å². The van der Waals surface area contributed by atoms with E-state index in [4.69, 9.17) is 0 Å². The van der Waals surface area contributed by atoms with Crippen LogP contribution in [0.2, 0.25) is 0 Å². The minimum Gasteiger partial charge on any atom is -0.314 e. The number of thiophene rings is 1. The second-order valence-electron chi connectivity index (χ2n) is 5.24. The third kappa shape index (κ3) is 4.78. The predicted molar refractivity (Wildman–Crippen MR) is 75.5 cm³/mol. The van der Waals surface area contributed by atoms with Gasteiger partial charge in [0.05, 0.1) is 0 Å². The van der Waals surface area contributed by atoms with Crippen LogP contribution < -0.4 is 5.32 Å². The van der Waals surface area contributed by atoms with Crippen LogP contribution in [-0.2, 0) is 6.54 Å². The zero-order valence-electron chi connectivity index (χ0n) is 11.0. The van der Waals surface area contributed by atoms with Gasteiger partial charge in [0.1, 0.15) is 0 Å². The maximum absolute atomic E-state index is 3.49. The Balaban J connectivity index is 1.70. The van der Waals surface area contributed by atoms with Gasteiger partial charge in [-0.1, -0.05) is 19.9 Å². The van der Waals surface area contributed by atoms with Crippen molar-refractivity contribution in [2.24, 2.45) is 0 Å². The van der Waals surface area contributed by atoms with Gasteiger partial charge >= 0.3 is 0 Å². The lowest BCUT2D eigenvalue weighted by atomic mass is 10.3. The van der Waals surface area contributed by atoms with E-state index in [1.165, 1.54) is 30.7 Å². The normalized spacial score (nSPS) is 16.0. The van der Waals surface area contributed by atoms with E-state index in [0.717, 1.165) is 19.1 Å². The molecule has 0 bridgehead atoms. The summed E-state index contributed by atoms with van der Waals surface area (Å²) in [5.74, 6) is 0. The first kappa shape index (κ1) is 13.1. The molecule has 17 heavy (non-hydrogen) atoms. The van der Waals surface area contributed by atoms with E-state index < -0.39 is 0 Å². The molecule has 3 heteroatoms. The smallest absolute Gasteiger partial charge is 0.0330 e. The van der Waals surface area contributed by atoms with Crippen molar-refractivity contribution >= 4 is 11.3 Å². The second kappa shape index (κ2) is 6.53. The van der Waals surface area contributed by atoms with Gasteiger partial charge in [0.25, 0.3) is 0 Å². The lowest BCUT2D eigenvalue weighted by Gasteiger charge is -2.21. The Labute approximate surface area is 109 Å². The monoisotopic (exact) mass is 252 g/mol. The van der Waals surface area contributed by atoms with Gasteiger partial charge in [0.15, 0.2) is 0 Å². The van der Waals surface area contributed by atoms with Gasteiger partial charge in [-0.25, -0.2) is 0 Å². The highest BCUT2D eigenvalue weighted by Crippen LogP contribution is 2.29. The number of nitrogens with zero attached hydrogens (tertiary/aromatic N) is 1. The van der Waals surface area contributed by atoms with E-state index >= 15 is 0 Å². The molecule has 0 unspecified atom stereocenters. The van der Waals surface area contributed by atoms with Gasteiger partial charge in [-0.3, -0.25) is 4.90 Å². The van der Waals surface area contributed by atoms with Gasteiger partial charge in [-0.15, -0.1) is 11.3 Å². The van der Waals surface area contributed by atoms with Gasteiger partial charge in [-0.05, 0) is 37.3 Å². The molecule has 0 spiro atoms. The molecule has 1 N–H and O–H groups in total. The van der Waals surface area contributed by atoms with Crippen LogP contribution in [0.5, 0.6) is 0 Å². The van der Waals surface area contributed by atoms with Crippen molar-refractivity contribution in [3.63, 3.8) is 0 Å². The average Bonchev–Trinajstić information content (AvgIpc) is 3.01. The molecule has 2 nitrogen and oxygen atoms in total. The van der Waals surface area contributed by atoms with E-state index in [1.54, 1.807) is 0 Å². The first-order valence-corrected chi connectivity index (χ1v) is 7.63. The Morgan fingerprint density at radius 3 is 2.88 bits per heavy atom. The van der Waals surface area contributed by atoms with E-state index in [1.807, 2.05) is 11.3 Å². The molecule has 1 aromatic rings. The lowest BCUT2D eigenvalue weighted by molar-refractivity contribution is 0.252. The summed E-state index contributed by atoms with van der Waals surface area (Å²) in [6.07, 6.45) is 4.08. The molecule has 1 aromatic heterocycles. The molecular formula is C14H24N2S. The van der Waals surface area contributed by atoms with Crippen molar-refractivity contribution in [2.45, 2.75) is 51.7 Å². The topological polar surface area (TPSA) is 15.3 Å². The molecular weight excluding hydrogens is 228 g/mol. The van der Waals surface area contributed by atoms with Crippen molar-refractivity contribution in [1.29, 1.82) is 0 Å². The Hall–Kier alpha value is -0.380. The molecule has 1 aliphatic rings. The highest BCUT2D eigenvalue weighted by Gasteiger charge is 2.28. The fraction of sp³-hybridized carbons (Fsp3) is 0.714. The molecule has 1 fully saturated rings. The SMILES string of the molecule is CC(C)NCCCN(Cc1cccs1)C1CC1. The Bertz CT molecular complexity index is 304. The maximum atomic E-state index is 3.49. The van der Waals surface area contributed by atoms with Gasteiger partial charge in [0.2, 0.25) is 0 Å². The lowest BCUT2D eigenvalue weighted by Crippen LogP contribution is -2.30. The molecule has 0 amide bonds. The molecule has 0 saturated heterocycles. The summed E-state index contributed by atoms with van der Waals surface area (Å²) in [5.41, 5.74) is 0. The molecule has 1 saturated carbocycles. The van der Waals surface area contributed by atoms with Crippen LogP contribution in [0.1, 0.15) is 38.0 Å². The molecule has 0 aliphatic heterocycles. The summed E-state index contributed by atoms with van der Waals surface area (Å²) in [4.78, 5) is 4.17. The second-order valence-corrected chi connectivity index (χ2v) is 6.28. The summed E-state index contributed by atoms with van der Waals surface area (Å²) in [6, 6.07) is 5.90. The van der Waals surface area contributed by atoms with Crippen LogP contribution in [0.3, 0.4) is 0 Å². The quantitative estimate of drug-likeness (QED) is 0.715. The zero-order valence-corrected chi connectivity index (χ0v) is 11.8. The number of hydrogen-bond acceptors (Lipinski definition) is 3. The number of nitrogens with one attached hydrogen (secondary N) is 1. The Morgan fingerprint density at radius 2 is 2.29 bits per heavy atom. The first-order valence-electron chi connectivity index (χ1n) is 6.75. The van der Waals surface area contributed by atoms with Crippen molar-refractivity contribution in [3.05, 3.63) is 22.4 Å². The molecule has 96 valence electrons. The third-order valence-electron chi connectivity index (χ3n) is 3.18. The predicted octanol–water partition coefficient (Wildman–Crippen LogP) is 3.10. The minimum absolute atomic E-state index is 0.613. The van der Waals surface area contributed by atoms with Gasteiger partial charge < -0.3 is 5.32 Å². The summed E-state index contributed by atoms with van der Waals surface area (Å²) in [6.45, 7) is 7.96. The highest BCUT2D eigenvalue weighted by atomic mass is 32.1. The molecule has 0 atom stereocenters. The fourth-order valence-electron chi connectivity index (χ4n) is 2.11. The van der Waals surface area contributed by atoms with Crippen molar-refractivity contribution in [1.82, 2.24) is 10.2 Å². The van der Waals surface area contributed by atoms with Crippen molar-refractivity contribution in [3.8, 4) is 0 Å². The van der Waals surface area contributed by atoms with E-state index in [0.29, 0.717) is 6.04 Å². The minimum atomic E-state index is 0.613. The van der Waals surface area contributed by atoms with E-state index in [9.17, 15) is 0 Å². The largest absolute Gasteiger partial charge is 0.314 e. The number of rotatable bonds is 8. The van der Waals surface area contributed by atoms with Crippen LogP contribution in [0.25, 0.3) is 0 Å². The van der Waals surface area contributed by atoms with E-state index in [2.05, 4.69) is 41.6 Å². The van der Waals surface area contributed by atoms with Crippen LogP contribution in [0.15, 0.2) is 17.5 Å². The summed E-state index contributed by atoms with van der Waals surface area (Å²) < 4.78 is 0. The fourth-order valence-corrected chi connectivity index (χ4v) is 2.84. The summed E-state index contributed by atoms with van der Waals surface area (Å²) in [7, 11) is 0. The summed E-state index contributed by atoms with van der Waals surface area (Å²) in [5, 5.41) is 5.68. The highest BCUT2D eigenvalue weighted by molar-refractivity contribution is 7.09. The molecule has 0 radical (unpaired) electrons. The maximum Gasteiger partial charge on any atom is 0.0330 e. The molecule has 1 heterocycles. The van der Waals surface area contributed by atoms with Gasteiger partial charge in [0, 0.05) is 30.1 Å². The number of hydrogen-bond donors (Lipinski definition) is 1. The van der Waals surface area contributed by atoms with Crippen molar-refractivity contribution in [2.75, 3.05) is 13.1 Å². The average molecular weight is 252 g/mol. The van der Waals surface area contributed by atoms with Crippen LogP contribution in [-0.4, -0.2) is 30.1 Å². The Kier molecular flexibility index (Phi) is 5.01. The van der Waals surface area contributed by atoms with Crippen LogP contribution in [0, 0.1) is 0 Å². The first-order chi connectivity index (χ1) is 8.25. The third-order valence-corrected chi connectivity index (χ3v) is 4.04. The Morgan fingerprint density at radius 1 is 1.47 bits per heavy atom. The van der Waals surface area contributed by atoms with Crippen LogP contribution >= 0.6 is 11.3 Å². The van der Waals surface area contributed by atoms with Gasteiger partial charge in [-0.2, -0.15) is 0 Å². The standard InChI is InChI=1S/C14H24N2S/c1-12(2)15-8-4-9-16(13-6-7-13)11-14-5-3-10-17-14/h3,5,10,12-13,15H,4,6-9,11H2,1-2H3. The molecule has 0 aromatic carbocycles. The molecule has 1 aliphatic carbocycles. The van der Waals surface area contributed by atoms with E-state index in [-0.39, 0.29) is 0 Å². The van der Waals surface area contributed by atoms with Crippen molar-refractivity contribution < 1.29 is 0 Å².